The van der Waals surface area contributed by atoms with Crippen LogP contribution in [0.5, 0.6) is 5.75 Å². The van der Waals surface area contributed by atoms with E-state index in [1.54, 1.807) is 16.7 Å². The molecule has 1 heterocycles. The second kappa shape index (κ2) is 6.99. The molecule has 1 fully saturated rings. The highest BCUT2D eigenvalue weighted by molar-refractivity contribution is 7.98. The van der Waals surface area contributed by atoms with Crippen molar-refractivity contribution in [1.29, 1.82) is 0 Å². The molecule has 1 saturated heterocycles. The number of benzene rings is 1. The number of hydrogen-bond donors (Lipinski definition) is 0. The number of likely N-dealkylation sites (tertiary alicyclic amines) is 1. The molecule has 5 heteroatoms. The number of ether oxygens (including phenoxy) is 1. The highest BCUT2D eigenvalue weighted by Crippen LogP contribution is 2.19. The SMILES string of the molecule is CSc1ccc(OCCN(C)[C@@H]2CCN(C)C2=O)cc1. The van der Waals surface area contributed by atoms with E-state index in [1.807, 2.05) is 26.2 Å². The van der Waals surface area contributed by atoms with E-state index in [4.69, 9.17) is 4.74 Å². The quantitative estimate of drug-likeness (QED) is 0.751. The summed E-state index contributed by atoms with van der Waals surface area (Å²) in [6.07, 6.45) is 2.97. The van der Waals surface area contributed by atoms with Crippen molar-refractivity contribution in [2.24, 2.45) is 0 Å². The maximum Gasteiger partial charge on any atom is 0.239 e. The van der Waals surface area contributed by atoms with Gasteiger partial charge in [-0.2, -0.15) is 0 Å². The van der Waals surface area contributed by atoms with Crippen LogP contribution in [0.2, 0.25) is 0 Å². The topological polar surface area (TPSA) is 32.8 Å². The Labute approximate surface area is 125 Å². The van der Waals surface area contributed by atoms with Crippen LogP contribution < -0.4 is 4.74 Å². The van der Waals surface area contributed by atoms with E-state index >= 15 is 0 Å². The van der Waals surface area contributed by atoms with Crippen LogP contribution >= 0.6 is 11.8 Å². The number of amides is 1. The first kappa shape index (κ1) is 15.2. The van der Waals surface area contributed by atoms with Crippen molar-refractivity contribution in [2.75, 3.05) is 40.0 Å². The maximum atomic E-state index is 11.9. The van der Waals surface area contributed by atoms with Gasteiger partial charge in [0, 0.05) is 25.0 Å². The molecule has 1 aromatic carbocycles. The summed E-state index contributed by atoms with van der Waals surface area (Å²) in [5, 5.41) is 0. The van der Waals surface area contributed by atoms with E-state index in [1.165, 1.54) is 4.90 Å². The highest BCUT2D eigenvalue weighted by Gasteiger charge is 2.31. The lowest BCUT2D eigenvalue weighted by Gasteiger charge is -2.22. The number of nitrogens with zero attached hydrogens (tertiary/aromatic N) is 2. The van der Waals surface area contributed by atoms with Crippen LogP contribution in [0.25, 0.3) is 0 Å². The summed E-state index contributed by atoms with van der Waals surface area (Å²) in [5.74, 6) is 1.10. The van der Waals surface area contributed by atoms with Gasteiger partial charge in [-0.15, -0.1) is 11.8 Å². The second-order valence-corrected chi connectivity index (χ2v) is 5.95. The minimum Gasteiger partial charge on any atom is -0.492 e. The Hall–Kier alpha value is -1.20. The third-order valence-electron chi connectivity index (χ3n) is 3.70. The third kappa shape index (κ3) is 3.67. The molecule has 0 bridgehead atoms. The summed E-state index contributed by atoms with van der Waals surface area (Å²) in [6.45, 7) is 2.21. The molecule has 20 heavy (non-hydrogen) atoms. The Morgan fingerprint density at radius 2 is 2.10 bits per heavy atom. The molecule has 1 aliphatic rings. The van der Waals surface area contributed by atoms with Crippen LogP contribution in [-0.4, -0.2) is 61.8 Å². The van der Waals surface area contributed by atoms with Crippen molar-refractivity contribution in [1.82, 2.24) is 9.80 Å². The van der Waals surface area contributed by atoms with Gasteiger partial charge in [-0.3, -0.25) is 9.69 Å². The van der Waals surface area contributed by atoms with E-state index in [9.17, 15) is 4.79 Å². The van der Waals surface area contributed by atoms with Gasteiger partial charge in [0.15, 0.2) is 0 Å². The number of thioether (sulfide) groups is 1. The Bertz CT molecular complexity index is 450. The first-order valence-electron chi connectivity index (χ1n) is 6.84. The van der Waals surface area contributed by atoms with Gasteiger partial charge in [-0.1, -0.05) is 0 Å². The highest BCUT2D eigenvalue weighted by atomic mass is 32.2. The van der Waals surface area contributed by atoms with Gasteiger partial charge in [0.05, 0.1) is 6.04 Å². The zero-order valence-electron chi connectivity index (χ0n) is 12.3. The molecule has 1 amide bonds. The molecule has 0 aromatic heterocycles. The third-order valence-corrected chi connectivity index (χ3v) is 4.45. The van der Waals surface area contributed by atoms with E-state index < -0.39 is 0 Å². The normalized spacial score (nSPS) is 18.9. The summed E-state index contributed by atoms with van der Waals surface area (Å²) in [7, 11) is 3.85. The molecule has 110 valence electrons. The number of likely N-dealkylation sites (N-methyl/N-ethyl adjacent to an activating group) is 2. The van der Waals surface area contributed by atoms with E-state index in [-0.39, 0.29) is 11.9 Å². The molecular formula is C15H22N2O2S. The van der Waals surface area contributed by atoms with E-state index in [0.717, 1.165) is 25.3 Å². The van der Waals surface area contributed by atoms with Crippen LogP contribution in [0.1, 0.15) is 6.42 Å². The van der Waals surface area contributed by atoms with Gasteiger partial charge in [-0.25, -0.2) is 0 Å². The maximum absolute atomic E-state index is 11.9. The smallest absolute Gasteiger partial charge is 0.239 e. The Morgan fingerprint density at radius 1 is 1.40 bits per heavy atom. The van der Waals surface area contributed by atoms with Crippen LogP contribution in [-0.2, 0) is 4.79 Å². The summed E-state index contributed by atoms with van der Waals surface area (Å²) in [4.78, 5) is 17.0. The molecule has 1 aromatic rings. The molecule has 0 spiro atoms. The minimum absolute atomic E-state index is 0.0162. The van der Waals surface area contributed by atoms with Crippen molar-refractivity contribution in [3.63, 3.8) is 0 Å². The molecule has 0 aliphatic carbocycles. The molecule has 2 rings (SSSR count). The largest absolute Gasteiger partial charge is 0.492 e. The lowest BCUT2D eigenvalue weighted by molar-refractivity contribution is -0.130. The standard InChI is InChI=1S/C15H22N2O2S/c1-16(14-8-9-17(2)15(14)18)10-11-19-12-4-6-13(20-3)7-5-12/h4-7,14H,8-11H2,1-3H3/t14-/m1/s1. The summed E-state index contributed by atoms with van der Waals surface area (Å²) in [6, 6.07) is 8.10. The molecular weight excluding hydrogens is 272 g/mol. The Morgan fingerprint density at radius 3 is 2.65 bits per heavy atom. The monoisotopic (exact) mass is 294 g/mol. The fourth-order valence-electron chi connectivity index (χ4n) is 2.35. The number of carbonyl (C=O) groups excluding carboxylic acids is 1. The van der Waals surface area contributed by atoms with Crippen molar-refractivity contribution in [2.45, 2.75) is 17.4 Å². The van der Waals surface area contributed by atoms with Gasteiger partial charge < -0.3 is 9.64 Å². The lowest BCUT2D eigenvalue weighted by atomic mass is 10.2. The summed E-state index contributed by atoms with van der Waals surface area (Å²) < 4.78 is 5.72. The molecule has 0 unspecified atom stereocenters. The average molecular weight is 294 g/mol. The van der Waals surface area contributed by atoms with Crippen LogP contribution in [0.3, 0.4) is 0 Å². The number of hydrogen-bond acceptors (Lipinski definition) is 4. The molecule has 0 N–H and O–H groups in total. The van der Waals surface area contributed by atoms with Crippen LogP contribution in [0.4, 0.5) is 0 Å². The number of carbonyl (C=O) groups is 1. The van der Waals surface area contributed by atoms with Gasteiger partial charge in [0.2, 0.25) is 5.91 Å². The van der Waals surface area contributed by atoms with Crippen LogP contribution in [0.15, 0.2) is 29.2 Å². The zero-order chi connectivity index (χ0) is 14.5. The number of rotatable bonds is 6. The Balaban J connectivity index is 1.76. The lowest BCUT2D eigenvalue weighted by Crippen LogP contribution is -2.40. The molecule has 1 atom stereocenters. The van der Waals surface area contributed by atoms with Crippen LogP contribution in [0, 0.1) is 0 Å². The molecule has 0 saturated carbocycles. The fraction of sp³-hybridized carbons (Fsp3) is 0.533. The summed E-state index contributed by atoms with van der Waals surface area (Å²) in [5.41, 5.74) is 0. The average Bonchev–Trinajstić information content (AvgIpc) is 2.80. The van der Waals surface area contributed by atoms with E-state index in [2.05, 4.69) is 23.3 Å². The van der Waals surface area contributed by atoms with Gasteiger partial charge >= 0.3 is 0 Å². The molecule has 4 nitrogen and oxygen atoms in total. The van der Waals surface area contributed by atoms with Gasteiger partial charge in [-0.05, 0) is 44.0 Å². The van der Waals surface area contributed by atoms with E-state index in [0.29, 0.717) is 6.61 Å². The predicted octanol–water partition coefficient (Wildman–Crippen LogP) is 1.95. The second-order valence-electron chi connectivity index (χ2n) is 5.07. The molecule has 1 aliphatic heterocycles. The first-order valence-corrected chi connectivity index (χ1v) is 8.06. The Kier molecular flexibility index (Phi) is 5.31. The van der Waals surface area contributed by atoms with Crippen molar-refractivity contribution in [3.05, 3.63) is 24.3 Å². The molecule has 0 radical (unpaired) electrons. The first-order chi connectivity index (χ1) is 9.61. The van der Waals surface area contributed by atoms with Gasteiger partial charge in [0.25, 0.3) is 0 Å². The fourth-order valence-corrected chi connectivity index (χ4v) is 2.76. The zero-order valence-corrected chi connectivity index (χ0v) is 13.2. The van der Waals surface area contributed by atoms with Crippen molar-refractivity contribution in [3.8, 4) is 5.75 Å². The van der Waals surface area contributed by atoms with Gasteiger partial charge in [0.1, 0.15) is 12.4 Å². The summed E-state index contributed by atoms with van der Waals surface area (Å²) >= 11 is 1.72. The van der Waals surface area contributed by atoms with Crippen molar-refractivity contribution < 1.29 is 9.53 Å². The minimum atomic E-state index is 0.0162. The predicted molar refractivity (Wildman–Crippen MR) is 82.4 cm³/mol. The van der Waals surface area contributed by atoms with Crippen molar-refractivity contribution >= 4 is 17.7 Å².